The van der Waals surface area contributed by atoms with Crippen molar-refractivity contribution < 1.29 is 14.3 Å². The lowest BCUT2D eigenvalue weighted by Gasteiger charge is -2.30. The summed E-state index contributed by atoms with van der Waals surface area (Å²) in [5.41, 5.74) is 3.44. The first-order valence-electron chi connectivity index (χ1n) is 10.6. The SMILES string of the molecule is CC(=O)OCC1=CCCN2C(=O)[C@@H](N(Cc3ccccc3)Cc3ccccc3)C[C@H]12. The maximum atomic E-state index is 13.4. The van der Waals surface area contributed by atoms with Gasteiger partial charge >= 0.3 is 5.97 Å². The van der Waals surface area contributed by atoms with Gasteiger partial charge in [0.15, 0.2) is 0 Å². The molecular weight excluding hydrogens is 376 g/mol. The Kier molecular flexibility index (Phi) is 6.29. The zero-order chi connectivity index (χ0) is 20.9. The molecule has 30 heavy (non-hydrogen) atoms. The third-order valence-corrected chi connectivity index (χ3v) is 5.94. The molecule has 4 rings (SSSR count). The molecule has 0 unspecified atom stereocenters. The predicted octanol–water partition coefficient (Wildman–Crippen LogP) is 3.55. The molecule has 2 aliphatic rings. The van der Waals surface area contributed by atoms with E-state index in [1.54, 1.807) is 0 Å². The maximum Gasteiger partial charge on any atom is 0.302 e. The van der Waals surface area contributed by atoms with Gasteiger partial charge in [0, 0.05) is 26.6 Å². The Morgan fingerprint density at radius 1 is 1.03 bits per heavy atom. The summed E-state index contributed by atoms with van der Waals surface area (Å²) in [7, 11) is 0. The van der Waals surface area contributed by atoms with Crippen molar-refractivity contribution in [3.05, 3.63) is 83.4 Å². The summed E-state index contributed by atoms with van der Waals surface area (Å²) in [5.74, 6) is -0.107. The molecule has 0 bridgehead atoms. The molecule has 156 valence electrons. The van der Waals surface area contributed by atoms with Crippen LogP contribution >= 0.6 is 0 Å². The lowest BCUT2D eigenvalue weighted by molar-refractivity contribution is -0.140. The highest BCUT2D eigenvalue weighted by Gasteiger charge is 2.44. The minimum atomic E-state index is -0.288. The molecule has 5 nitrogen and oxygen atoms in total. The van der Waals surface area contributed by atoms with E-state index >= 15 is 0 Å². The number of amides is 1. The Bertz CT molecular complexity index is 869. The van der Waals surface area contributed by atoms with Crippen LogP contribution in [0.2, 0.25) is 0 Å². The van der Waals surface area contributed by atoms with Gasteiger partial charge in [0.1, 0.15) is 6.61 Å². The van der Waals surface area contributed by atoms with Crippen LogP contribution in [0.5, 0.6) is 0 Å². The minimum absolute atomic E-state index is 0.0182. The summed E-state index contributed by atoms with van der Waals surface area (Å²) in [6.45, 7) is 3.86. The number of hydrogen-bond acceptors (Lipinski definition) is 4. The number of ether oxygens (including phenoxy) is 1. The molecule has 1 saturated heterocycles. The molecule has 0 N–H and O–H groups in total. The van der Waals surface area contributed by atoms with Gasteiger partial charge < -0.3 is 9.64 Å². The standard InChI is InChI=1S/C25H28N2O3/c1-19(28)30-18-22-13-8-14-27-23(22)15-24(25(27)29)26(16-20-9-4-2-5-10-20)17-21-11-6-3-7-12-21/h2-7,9-13,23-24H,8,14-18H2,1H3/t23-,24+/m1/s1. The van der Waals surface area contributed by atoms with Gasteiger partial charge in [0.2, 0.25) is 5.91 Å². The number of hydrogen-bond donors (Lipinski definition) is 0. The minimum Gasteiger partial charge on any atom is -0.461 e. The molecule has 5 heteroatoms. The smallest absolute Gasteiger partial charge is 0.302 e. The Hall–Kier alpha value is -2.92. The van der Waals surface area contributed by atoms with Crippen LogP contribution in [-0.4, -0.2) is 46.9 Å². The van der Waals surface area contributed by atoms with Crippen molar-refractivity contribution >= 4 is 11.9 Å². The maximum absolute atomic E-state index is 13.4. The third-order valence-electron chi connectivity index (χ3n) is 5.94. The summed E-state index contributed by atoms with van der Waals surface area (Å²) in [6, 6.07) is 20.4. The number of carbonyl (C=O) groups is 2. The van der Waals surface area contributed by atoms with Gasteiger partial charge in [-0.05, 0) is 29.5 Å². The van der Waals surface area contributed by atoms with E-state index in [0.29, 0.717) is 0 Å². The highest BCUT2D eigenvalue weighted by molar-refractivity contribution is 5.85. The van der Waals surface area contributed by atoms with Crippen LogP contribution in [0, 0.1) is 0 Å². The molecule has 0 radical (unpaired) electrons. The van der Waals surface area contributed by atoms with Gasteiger partial charge in [0.05, 0.1) is 12.1 Å². The Labute approximate surface area is 177 Å². The largest absolute Gasteiger partial charge is 0.461 e. The fourth-order valence-corrected chi connectivity index (χ4v) is 4.48. The van der Waals surface area contributed by atoms with E-state index in [9.17, 15) is 9.59 Å². The molecule has 1 fully saturated rings. The van der Waals surface area contributed by atoms with Crippen molar-refractivity contribution in [1.29, 1.82) is 0 Å². The lowest BCUT2D eigenvalue weighted by Crippen LogP contribution is -2.43. The molecule has 2 aromatic carbocycles. The van der Waals surface area contributed by atoms with Crippen LogP contribution in [-0.2, 0) is 27.4 Å². The molecule has 2 aliphatic heterocycles. The monoisotopic (exact) mass is 404 g/mol. The second-order valence-electron chi connectivity index (χ2n) is 8.02. The molecule has 2 atom stereocenters. The van der Waals surface area contributed by atoms with Crippen LogP contribution in [0.25, 0.3) is 0 Å². The number of fused-ring (bicyclic) bond motifs is 1. The second kappa shape index (κ2) is 9.26. The van der Waals surface area contributed by atoms with Crippen molar-refractivity contribution in [3.8, 4) is 0 Å². The number of benzene rings is 2. The first-order chi connectivity index (χ1) is 14.6. The Balaban J connectivity index is 1.56. The van der Waals surface area contributed by atoms with Crippen molar-refractivity contribution in [3.63, 3.8) is 0 Å². The van der Waals surface area contributed by atoms with Gasteiger partial charge in [0.25, 0.3) is 0 Å². The molecule has 0 saturated carbocycles. The van der Waals surface area contributed by atoms with Gasteiger partial charge in [-0.3, -0.25) is 14.5 Å². The van der Waals surface area contributed by atoms with E-state index in [4.69, 9.17) is 4.74 Å². The lowest BCUT2D eigenvalue weighted by atomic mass is 9.99. The fraction of sp³-hybridized carbons (Fsp3) is 0.360. The first kappa shape index (κ1) is 20.4. The molecular formula is C25H28N2O3. The summed E-state index contributed by atoms with van der Waals surface area (Å²) in [6.07, 6.45) is 3.67. The molecule has 0 spiro atoms. The zero-order valence-corrected chi connectivity index (χ0v) is 17.4. The van der Waals surface area contributed by atoms with Gasteiger partial charge in [-0.25, -0.2) is 0 Å². The van der Waals surface area contributed by atoms with E-state index in [1.165, 1.54) is 18.1 Å². The molecule has 0 aromatic heterocycles. The van der Waals surface area contributed by atoms with Crippen LogP contribution in [0.15, 0.2) is 72.3 Å². The number of nitrogens with zero attached hydrogens (tertiary/aromatic N) is 2. The van der Waals surface area contributed by atoms with Crippen molar-refractivity contribution in [2.45, 2.75) is 44.9 Å². The summed E-state index contributed by atoms with van der Waals surface area (Å²) < 4.78 is 5.25. The number of carbonyl (C=O) groups excluding carboxylic acids is 2. The Morgan fingerprint density at radius 2 is 1.63 bits per heavy atom. The third kappa shape index (κ3) is 4.62. The van der Waals surface area contributed by atoms with E-state index in [2.05, 4.69) is 35.2 Å². The van der Waals surface area contributed by atoms with Gasteiger partial charge in [-0.1, -0.05) is 66.7 Å². The van der Waals surface area contributed by atoms with Crippen molar-refractivity contribution in [2.75, 3.05) is 13.2 Å². The van der Waals surface area contributed by atoms with E-state index < -0.39 is 0 Å². The number of esters is 1. The first-order valence-corrected chi connectivity index (χ1v) is 10.6. The molecule has 2 heterocycles. The van der Waals surface area contributed by atoms with Crippen LogP contribution in [0.3, 0.4) is 0 Å². The quantitative estimate of drug-likeness (QED) is 0.523. The second-order valence-corrected chi connectivity index (χ2v) is 8.02. The van der Waals surface area contributed by atoms with Gasteiger partial charge in [-0.15, -0.1) is 0 Å². The van der Waals surface area contributed by atoms with Crippen molar-refractivity contribution in [2.24, 2.45) is 0 Å². The molecule has 0 aliphatic carbocycles. The predicted molar refractivity (Wildman–Crippen MR) is 115 cm³/mol. The Morgan fingerprint density at radius 3 is 2.20 bits per heavy atom. The van der Waals surface area contributed by atoms with Crippen LogP contribution in [0.1, 0.15) is 30.9 Å². The normalized spacial score (nSPS) is 20.8. The van der Waals surface area contributed by atoms with Crippen molar-refractivity contribution in [1.82, 2.24) is 9.80 Å². The van der Waals surface area contributed by atoms with Crippen LogP contribution in [0.4, 0.5) is 0 Å². The summed E-state index contributed by atoms with van der Waals surface area (Å²) in [4.78, 5) is 28.9. The fourth-order valence-electron chi connectivity index (χ4n) is 4.48. The average molecular weight is 405 g/mol. The van der Waals surface area contributed by atoms with E-state index in [1.807, 2.05) is 41.3 Å². The van der Waals surface area contributed by atoms with E-state index in [-0.39, 0.29) is 30.6 Å². The van der Waals surface area contributed by atoms with Gasteiger partial charge in [-0.2, -0.15) is 0 Å². The summed E-state index contributed by atoms with van der Waals surface area (Å²) in [5, 5.41) is 0. The van der Waals surface area contributed by atoms with E-state index in [0.717, 1.165) is 38.0 Å². The molecule has 2 aromatic rings. The zero-order valence-electron chi connectivity index (χ0n) is 17.4. The average Bonchev–Trinajstić information content (AvgIpc) is 3.10. The highest BCUT2D eigenvalue weighted by Crippen LogP contribution is 2.33. The summed E-state index contributed by atoms with van der Waals surface area (Å²) >= 11 is 0. The topological polar surface area (TPSA) is 49.9 Å². The van der Waals surface area contributed by atoms with Crippen LogP contribution < -0.4 is 0 Å². The highest BCUT2D eigenvalue weighted by atomic mass is 16.5. The molecule has 1 amide bonds. The number of rotatable bonds is 7.